The van der Waals surface area contributed by atoms with E-state index in [0.29, 0.717) is 11.3 Å². The topological polar surface area (TPSA) is 9.23 Å². The standard InChI is InChI=1S/C15H21ClO/c1-11-7-8-15(17-2)14(9-11)12-5-3-4-6-13(16)10-12/h7-9,12-13H,3-6,10H2,1-2H3. The average molecular weight is 253 g/mol. The number of benzene rings is 1. The van der Waals surface area contributed by atoms with E-state index in [1.165, 1.54) is 30.4 Å². The molecule has 17 heavy (non-hydrogen) atoms. The van der Waals surface area contributed by atoms with E-state index < -0.39 is 0 Å². The zero-order chi connectivity index (χ0) is 12.3. The Kier molecular flexibility index (Phi) is 4.33. The lowest BCUT2D eigenvalue weighted by Crippen LogP contribution is -2.06. The molecule has 1 aliphatic rings. The van der Waals surface area contributed by atoms with Gasteiger partial charge in [0.15, 0.2) is 0 Å². The van der Waals surface area contributed by atoms with E-state index in [9.17, 15) is 0 Å². The van der Waals surface area contributed by atoms with Gasteiger partial charge in [-0.15, -0.1) is 11.6 Å². The first-order chi connectivity index (χ1) is 8.20. The molecule has 0 aromatic heterocycles. The van der Waals surface area contributed by atoms with Crippen molar-refractivity contribution < 1.29 is 4.74 Å². The van der Waals surface area contributed by atoms with Crippen molar-refractivity contribution in [3.8, 4) is 5.75 Å². The molecule has 1 aromatic rings. The van der Waals surface area contributed by atoms with Gasteiger partial charge in [-0.3, -0.25) is 0 Å². The monoisotopic (exact) mass is 252 g/mol. The molecular formula is C15H21ClO. The van der Waals surface area contributed by atoms with Gasteiger partial charge in [0.2, 0.25) is 0 Å². The van der Waals surface area contributed by atoms with Crippen molar-refractivity contribution in [2.75, 3.05) is 7.11 Å². The molecule has 0 bridgehead atoms. The first-order valence-corrected chi connectivity index (χ1v) is 6.93. The molecule has 1 aliphatic carbocycles. The highest BCUT2D eigenvalue weighted by atomic mass is 35.5. The van der Waals surface area contributed by atoms with Crippen LogP contribution in [-0.4, -0.2) is 12.5 Å². The molecule has 2 rings (SSSR count). The number of rotatable bonds is 2. The third-order valence-electron chi connectivity index (χ3n) is 3.69. The Morgan fingerprint density at radius 3 is 2.76 bits per heavy atom. The Morgan fingerprint density at radius 1 is 1.24 bits per heavy atom. The Morgan fingerprint density at radius 2 is 2.00 bits per heavy atom. The molecule has 0 amide bonds. The third-order valence-corrected chi connectivity index (χ3v) is 4.08. The lowest BCUT2D eigenvalue weighted by Gasteiger charge is -2.20. The molecule has 0 N–H and O–H groups in total. The molecule has 0 aliphatic heterocycles. The lowest BCUT2D eigenvalue weighted by molar-refractivity contribution is 0.402. The van der Waals surface area contributed by atoms with Crippen molar-refractivity contribution in [2.45, 2.75) is 50.3 Å². The summed E-state index contributed by atoms with van der Waals surface area (Å²) in [6, 6.07) is 6.45. The van der Waals surface area contributed by atoms with Crippen LogP contribution in [0.2, 0.25) is 0 Å². The van der Waals surface area contributed by atoms with Crippen LogP contribution in [0.3, 0.4) is 0 Å². The van der Waals surface area contributed by atoms with Crippen molar-refractivity contribution in [1.29, 1.82) is 0 Å². The second-order valence-electron chi connectivity index (χ2n) is 5.06. The predicted octanol–water partition coefficient (Wildman–Crippen LogP) is 4.66. The lowest BCUT2D eigenvalue weighted by atomic mass is 9.90. The zero-order valence-electron chi connectivity index (χ0n) is 10.7. The number of methoxy groups -OCH3 is 1. The molecule has 1 aromatic carbocycles. The maximum Gasteiger partial charge on any atom is 0.122 e. The van der Waals surface area contributed by atoms with Gasteiger partial charge in [0.25, 0.3) is 0 Å². The van der Waals surface area contributed by atoms with Gasteiger partial charge >= 0.3 is 0 Å². The molecule has 1 fully saturated rings. The summed E-state index contributed by atoms with van der Waals surface area (Å²) in [5, 5.41) is 0.327. The fourth-order valence-corrected chi connectivity index (χ4v) is 3.13. The van der Waals surface area contributed by atoms with Gasteiger partial charge in [0.1, 0.15) is 5.75 Å². The van der Waals surface area contributed by atoms with Crippen molar-refractivity contribution in [3.05, 3.63) is 29.3 Å². The Bertz CT molecular complexity index is 375. The number of ether oxygens (including phenoxy) is 1. The highest BCUT2D eigenvalue weighted by Gasteiger charge is 2.22. The Balaban J connectivity index is 2.27. The average Bonchev–Trinajstić information content (AvgIpc) is 2.54. The van der Waals surface area contributed by atoms with Crippen molar-refractivity contribution >= 4 is 11.6 Å². The van der Waals surface area contributed by atoms with E-state index in [0.717, 1.165) is 18.6 Å². The van der Waals surface area contributed by atoms with E-state index in [4.69, 9.17) is 16.3 Å². The maximum atomic E-state index is 6.36. The van der Waals surface area contributed by atoms with E-state index in [-0.39, 0.29) is 0 Å². The highest BCUT2D eigenvalue weighted by Crippen LogP contribution is 2.38. The summed E-state index contributed by atoms with van der Waals surface area (Å²) in [5.74, 6) is 1.58. The zero-order valence-corrected chi connectivity index (χ0v) is 11.5. The van der Waals surface area contributed by atoms with Gasteiger partial charge in [-0.05, 0) is 43.7 Å². The van der Waals surface area contributed by atoms with Crippen molar-refractivity contribution in [1.82, 2.24) is 0 Å². The fourth-order valence-electron chi connectivity index (χ4n) is 2.76. The molecule has 0 heterocycles. The van der Waals surface area contributed by atoms with E-state index in [1.54, 1.807) is 7.11 Å². The SMILES string of the molecule is COc1ccc(C)cc1C1CCCCC(Cl)C1. The minimum Gasteiger partial charge on any atom is -0.496 e. The number of alkyl halides is 1. The summed E-state index contributed by atoms with van der Waals surface area (Å²) in [5.41, 5.74) is 2.65. The van der Waals surface area contributed by atoms with E-state index in [2.05, 4.69) is 25.1 Å². The van der Waals surface area contributed by atoms with Crippen LogP contribution in [0.25, 0.3) is 0 Å². The molecule has 1 nitrogen and oxygen atoms in total. The minimum atomic E-state index is 0.327. The second-order valence-corrected chi connectivity index (χ2v) is 5.68. The summed E-state index contributed by atoms with van der Waals surface area (Å²) in [6.45, 7) is 2.14. The van der Waals surface area contributed by atoms with Gasteiger partial charge in [0.05, 0.1) is 7.11 Å². The van der Waals surface area contributed by atoms with E-state index >= 15 is 0 Å². The predicted molar refractivity (Wildman–Crippen MR) is 73.2 cm³/mol. The first kappa shape index (κ1) is 12.8. The molecule has 0 saturated heterocycles. The first-order valence-electron chi connectivity index (χ1n) is 6.49. The number of hydrogen-bond donors (Lipinski definition) is 0. The van der Waals surface area contributed by atoms with Crippen LogP contribution in [0, 0.1) is 6.92 Å². The van der Waals surface area contributed by atoms with Crippen LogP contribution in [0.5, 0.6) is 5.75 Å². The molecule has 2 atom stereocenters. The fraction of sp³-hybridized carbons (Fsp3) is 0.600. The molecule has 1 saturated carbocycles. The summed E-state index contributed by atoms with van der Waals surface area (Å²) in [4.78, 5) is 0. The van der Waals surface area contributed by atoms with E-state index in [1.807, 2.05) is 0 Å². The summed E-state index contributed by atoms with van der Waals surface area (Å²) >= 11 is 6.36. The molecule has 0 spiro atoms. The second kappa shape index (κ2) is 5.77. The van der Waals surface area contributed by atoms with Crippen molar-refractivity contribution in [3.63, 3.8) is 0 Å². The van der Waals surface area contributed by atoms with Gasteiger partial charge in [-0.25, -0.2) is 0 Å². The van der Waals surface area contributed by atoms with Crippen LogP contribution >= 0.6 is 11.6 Å². The maximum absolute atomic E-state index is 6.36. The van der Waals surface area contributed by atoms with Gasteiger partial charge < -0.3 is 4.74 Å². The van der Waals surface area contributed by atoms with Gasteiger partial charge in [0, 0.05) is 5.38 Å². The highest BCUT2D eigenvalue weighted by molar-refractivity contribution is 6.20. The summed E-state index contributed by atoms with van der Waals surface area (Å²) < 4.78 is 5.49. The molecule has 0 radical (unpaired) electrons. The van der Waals surface area contributed by atoms with Crippen LogP contribution in [0.4, 0.5) is 0 Å². The number of hydrogen-bond acceptors (Lipinski definition) is 1. The van der Waals surface area contributed by atoms with Crippen LogP contribution in [-0.2, 0) is 0 Å². The van der Waals surface area contributed by atoms with Gasteiger partial charge in [-0.1, -0.05) is 30.5 Å². The minimum absolute atomic E-state index is 0.327. The largest absolute Gasteiger partial charge is 0.496 e. The molecule has 94 valence electrons. The smallest absolute Gasteiger partial charge is 0.122 e. The normalized spacial score (nSPS) is 25.4. The number of aryl methyl sites for hydroxylation is 1. The quantitative estimate of drug-likeness (QED) is 0.550. The summed E-state index contributed by atoms with van der Waals surface area (Å²) in [6.07, 6.45) is 6.03. The molecule has 2 unspecified atom stereocenters. The van der Waals surface area contributed by atoms with Crippen LogP contribution in [0.1, 0.15) is 49.1 Å². The summed E-state index contributed by atoms with van der Waals surface area (Å²) in [7, 11) is 1.75. The molecular weight excluding hydrogens is 232 g/mol. The van der Waals surface area contributed by atoms with Gasteiger partial charge in [-0.2, -0.15) is 0 Å². The van der Waals surface area contributed by atoms with Crippen LogP contribution < -0.4 is 4.74 Å². The molecule has 2 heteroatoms. The van der Waals surface area contributed by atoms with Crippen LogP contribution in [0.15, 0.2) is 18.2 Å². The number of halogens is 1. The third kappa shape index (κ3) is 3.16. The Labute approximate surface area is 109 Å². The Hall–Kier alpha value is -0.690. The van der Waals surface area contributed by atoms with Crippen molar-refractivity contribution in [2.24, 2.45) is 0 Å².